The molecule has 10 heteroatoms. The SMILES string of the molecule is COc1cc(/C=C2\N=C(c3ccc([N+](=O)[O-])cc3)OC2=O)cc(Cl)c1OCc1ccc(Cl)cc1. The van der Waals surface area contributed by atoms with E-state index < -0.39 is 10.9 Å². The number of rotatable bonds is 7. The molecule has 0 amide bonds. The molecule has 0 bridgehead atoms. The molecule has 0 radical (unpaired) electrons. The molecule has 0 aromatic heterocycles. The number of carbonyl (C=O) groups excluding carboxylic acids is 1. The van der Waals surface area contributed by atoms with E-state index in [4.69, 9.17) is 37.4 Å². The first-order chi connectivity index (χ1) is 16.3. The van der Waals surface area contributed by atoms with Gasteiger partial charge in [-0.25, -0.2) is 9.79 Å². The number of hydrogen-bond donors (Lipinski definition) is 0. The van der Waals surface area contributed by atoms with Crippen LogP contribution in [-0.4, -0.2) is 23.9 Å². The van der Waals surface area contributed by atoms with Gasteiger partial charge in [-0.3, -0.25) is 10.1 Å². The topological polar surface area (TPSA) is 100 Å². The molecule has 0 N–H and O–H groups in total. The molecular formula is C24H16Cl2N2O6. The van der Waals surface area contributed by atoms with Crippen molar-refractivity contribution in [3.63, 3.8) is 0 Å². The normalized spacial score (nSPS) is 14.0. The lowest BCUT2D eigenvalue weighted by atomic mass is 10.1. The smallest absolute Gasteiger partial charge is 0.363 e. The van der Waals surface area contributed by atoms with Crippen molar-refractivity contribution in [2.24, 2.45) is 4.99 Å². The molecule has 172 valence electrons. The minimum absolute atomic E-state index is 0.0429. The number of aliphatic imine (C=N–C) groups is 1. The molecule has 1 heterocycles. The summed E-state index contributed by atoms with van der Waals surface area (Å²) in [4.78, 5) is 26.8. The first-order valence-electron chi connectivity index (χ1n) is 9.86. The molecule has 0 saturated heterocycles. The molecule has 1 aliphatic rings. The van der Waals surface area contributed by atoms with Crippen LogP contribution in [-0.2, 0) is 16.1 Å². The number of nitro groups is 1. The van der Waals surface area contributed by atoms with Crippen LogP contribution in [0.5, 0.6) is 11.5 Å². The van der Waals surface area contributed by atoms with E-state index in [2.05, 4.69) is 4.99 Å². The number of hydrogen-bond acceptors (Lipinski definition) is 7. The Hall–Kier alpha value is -3.88. The van der Waals surface area contributed by atoms with Gasteiger partial charge in [0.05, 0.1) is 17.1 Å². The van der Waals surface area contributed by atoms with Crippen molar-refractivity contribution in [2.45, 2.75) is 6.61 Å². The first kappa shape index (κ1) is 23.3. The van der Waals surface area contributed by atoms with Gasteiger partial charge in [0.15, 0.2) is 17.2 Å². The highest BCUT2D eigenvalue weighted by Crippen LogP contribution is 2.38. The van der Waals surface area contributed by atoms with Gasteiger partial charge < -0.3 is 14.2 Å². The molecule has 0 aliphatic carbocycles. The molecule has 34 heavy (non-hydrogen) atoms. The highest BCUT2D eigenvalue weighted by atomic mass is 35.5. The Bertz CT molecular complexity index is 1320. The van der Waals surface area contributed by atoms with Gasteiger partial charge >= 0.3 is 5.97 Å². The third kappa shape index (κ3) is 5.19. The summed E-state index contributed by atoms with van der Waals surface area (Å²) in [5.74, 6) is 0.114. The number of nitrogens with zero attached hydrogens (tertiary/aromatic N) is 2. The number of halogens is 2. The molecular weight excluding hydrogens is 483 g/mol. The van der Waals surface area contributed by atoms with Crippen molar-refractivity contribution >= 4 is 46.8 Å². The van der Waals surface area contributed by atoms with E-state index in [0.29, 0.717) is 27.6 Å². The van der Waals surface area contributed by atoms with Gasteiger partial charge in [0.25, 0.3) is 5.69 Å². The highest BCUT2D eigenvalue weighted by Gasteiger charge is 2.25. The number of nitro benzene ring substituents is 1. The minimum atomic E-state index is -0.661. The van der Waals surface area contributed by atoms with Gasteiger partial charge in [0.1, 0.15) is 6.61 Å². The van der Waals surface area contributed by atoms with E-state index in [-0.39, 0.29) is 28.9 Å². The van der Waals surface area contributed by atoms with Crippen molar-refractivity contribution in [1.29, 1.82) is 0 Å². The van der Waals surface area contributed by atoms with Crippen LogP contribution in [0.3, 0.4) is 0 Å². The van der Waals surface area contributed by atoms with Crippen molar-refractivity contribution in [3.8, 4) is 11.5 Å². The second kappa shape index (κ2) is 9.94. The average Bonchev–Trinajstić information content (AvgIpc) is 3.19. The predicted molar refractivity (Wildman–Crippen MR) is 127 cm³/mol. The van der Waals surface area contributed by atoms with E-state index >= 15 is 0 Å². The third-order valence-corrected chi connectivity index (χ3v) is 5.33. The zero-order chi connectivity index (χ0) is 24.2. The molecule has 0 saturated carbocycles. The summed E-state index contributed by atoms with van der Waals surface area (Å²) in [7, 11) is 1.48. The molecule has 0 spiro atoms. The third-order valence-electron chi connectivity index (χ3n) is 4.80. The lowest BCUT2D eigenvalue weighted by Gasteiger charge is -2.13. The van der Waals surface area contributed by atoms with Crippen LogP contribution < -0.4 is 9.47 Å². The Labute approximate surface area is 204 Å². The summed E-state index contributed by atoms with van der Waals surface area (Å²) in [6, 6.07) is 16.0. The van der Waals surface area contributed by atoms with Gasteiger partial charge in [0.2, 0.25) is 5.90 Å². The number of benzene rings is 3. The largest absolute Gasteiger partial charge is 0.493 e. The van der Waals surface area contributed by atoms with Crippen LogP contribution in [0.4, 0.5) is 5.69 Å². The van der Waals surface area contributed by atoms with Crippen LogP contribution in [0.15, 0.2) is 71.4 Å². The fourth-order valence-corrected chi connectivity index (χ4v) is 3.52. The standard InChI is InChI=1S/C24H16Cl2N2O6/c1-32-21-12-15(10-19(26)22(21)33-13-14-2-6-17(25)7-3-14)11-20-24(29)34-23(27-20)16-4-8-18(9-5-16)28(30)31/h2-12H,13H2,1H3/b20-11-. The molecule has 3 aromatic carbocycles. The molecule has 0 fully saturated rings. The zero-order valence-electron chi connectivity index (χ0n) is 17.7. The summed E-state index contributed by atoms with van der Waals surface area (Å²) < 4.78 is 16.5. The van der Waals surface area contributed by atoms with Gasteiger partial charge in [-0.1, -0.05) is 35.3 Å². The van der Waals surface area contributed by atoms with Crippen LogP contribution >= 0.6 is 23.2 Å². The summed E-state index contributed by atoms with van der Waals surface area (Å²) >= 11 is 12.3. The summed E-state index contributed by atoms with van der Waals surface area (Å²) in [6.45, 7) is 0.253. The molecule has 4 rings (SSSR count). The Morgan fingerprint density at radius 2 is 1.79 bits per heavy atom. The highest BCUT2D eigenvalue weighted by molar-refractivity contribution is 6.32. The Morgan fingerprint density at radius 1 is 1.09 bits per heavy atom. The lowest BCUT2D eigenvalue weighted by Crippen LogP contribution is -2.05. The zero-order valence-corrected chi connectivity index (χ0v) is 19.2. The van der Waals surface area contributed by atoms with E-state index in [1.165, 1.54) is 37.5 Å². The van der Waals surface area contributed by atoms with Crippen LogP contribution in [0, 0.1) is 10.1 Å². The number of esters is 1. The van der Waals surface area contributed by atoms with E-state index in [9.17, 15) is 14.9 Å². The number of non-ortho nitro benzene ring substituents is 1. The van der Waals surface area contributed by atoms with Crippen molar-refractivity contribution in [3.05, 3.63) is 103 Å². The number of methoxy groups -OCH3 is 1. The first-order valence-corrected chi connectivity index (χ1v) is 10.6. The maximum atomic E-state index is 12.3. The summed E-state index contributed by atoms with van der Waals surface area (Å²) in [5, 5.41) is 11.7. The van der Waals surface area contributed by atoms with Crippen molar-refractivity contribution in [1.82, 2.24) is 0 Å². The molecule has 3 aromatic rings. The fourth-order valence-electron chi connectivity index (χ4n) is 3.12. The Morgan fingerprint density at radius 3 is 2.44 bits per heavy atom. The van der Waals surface area contributed by atoms with Crippen molar-refractivity contribution in [2.75, 3.05) is 7.11 Å². The second-order valence-electron chi connectivity index (χ2n) is 7.09. The van der Waals surface area contributed by atoms with Crippen molar-refractivity contribution < 1.29 is 23.9 Å². The number of carbonyl (C=O) groups is 1. The van der Waals surface area contributed by atoms with Gasteiger partial charge in [-0.2, -0.15) is 0 Å². The van der Waals surface area contributed by atoms with Crippen LogP contribution in [0.25, 0.3) is 6.08 Å². The molecule has 8 nitrogen and oxygen atoms in total. The number of ether oxygens (including phenoxy) is 3. The average molecular weight is 499 g/mol. The summed E-state index contributed by atoms with van der Waals surface area (Å²) in [6.07, 6.45) is 1.50. The van der Waals surface area contributed by atoms with E-state index in [1.807, 2.05) is 12.1 Å². The summed E-state index contributed by atoms with van der Waals surface area (Å²) in [5.41, 5.74) is 1.84. The monoisotopic (exact) mass is 498 g/mol. The molecule has 0 unspecified atom stereocenters. The van der Waals surface area contributed by atoms with E-state index in [0.717, 1.165) is 5.56 Å². The molecule has 0 atom stereocenters. The lowest BCUT2D eigenvalue weighted by molar-refractivity contribution is -0.384. The maximum absolute atomic E-state index is 12.3. The van der Waals surface area contributed by atoms with E-state index in [1.54, 1.807) is 24.3 Å². The van der Waals surface area contributed by atoms with Gasteiger partial charge in [-0.05, 0) is 53.6 Å². The molecule has 1 aliphatic heterocycles. The van der Waals surface area contributed by atoms with Crippen LogP contribution in [0.2, 0.25) is 10.0 Å². The minimum Gasteiger partial charge on any atom is -0.493 e. The predicted octanol–water partition coefficient (Wildman–Crippen LogP) is 5.83. The Balaban J connectivity index is 1.57. The second-order valence-corrected chi connectivity index (χ2v) is 7.93. The van der Waals surface area contributed by atoms with Gasteiger partial charge in [-0.15, -0.1) is 0 Å². The number of cyclic esters (lactones) is 1. The maximum Gasteiger partial charge on any atom is 0.363 e. The van der Waals surface area contributed by atoms with Crippen LogP contribution in [0.1, 0.15) is 16.7 Å². The fraction of sp³-hybridized carbons (Fsp3) is 0.0833. The quantitative estimate of drug-likeness (QED) is 0.175. The van der Waals surface area contributed by atoms with Gasteiger partial charge in [0, 0.05) is 22.7 Å². The Kier molecular flexibility index (Phi) is 6.81.